The number of hydrogen-bond donors (Lipinski definition) is 3. The first-order valence-corrected chi connectivity index (χ1v) is 5.25. The Balaban J connectivity index is 2.28. The number of H-pyrrole nitrogens is 1. The molecule has 2 rings (SSSR count). The van der Waals surface area contributed by atoms with E-state index in [0.29, 0.717) is 16.9 Å². The third-order valence-corrected chi connectivity index (χ3v) is 2.61. The maximum atomic E-state index is 12.0. The predicted molar refractivity (Wildman–Crippen MR) is 66.9 cm³/mol. The van der Waals surface area contributed by atoms with Crippen LogP contribution in [0.2, 0.25) is 0 Å². The molecule has 5 heteroatoms. The van der Waals surface area contributed by atoms with Gasteiger partial charge in [-0.1, -0.05) is 6.07 Å². The van der Waals surface area contributed by atoms with E-state index in [1.165, 1.54) is 0 Å². The van der Waals surface area contributed by atoms with Crippen molar-refractivity contribution in [1.82, 2.24) is 10.2 Å². The summed E-state index contributed by atoms with van der Waals surface area (Å²) >= 11 is 0. The van der Waals surface area contributed by atoms with E-state index in [1.54, 1.807) is 18.5 Å². The number of aromatic nitrogens is 2. The van der Waals surface area contributed by atoms with Crippen LogP contribution in [0, 0.1) is 13.8 Å². The largest absolute Gasteiger partial charge is 0.398 e. The van der Waals surface area contributed by atoms with Crippen molar-refractivity contribution in [2.24, 2.45) is 0 Å². The molecule has 1 aromatic carbocycles. The Bertz CT molecular complexity index is 546. The van der Waals surface area contributed by atoms with Crippen LogP contribution < -0.4 is 11.1 Å². The van der Waals surface area contributed by atoms with E-state index < -0.39 is 0 Å². The number of carbonyl (C=O) groups excluding carboxylic acids is 1. The fourth-order valence-corrected chi connectivity index (χ4v) is 1.63. The third-order valence-electron chi connectivity index (χ3n) is 2.61. The highest BCUT2D eigenvalue weighted by Crippen LogP contribution is 2.18. The molecule has 0 radical (unpaired) electrons. The summed E-state index contributed by atoms with van der Waals surface area (Å²) in [6.07, 6.45) is 3.16. The van der Waals surface area contributed by atoms with Crippen molar-refractivity contribution < 1.29 is 4.79 Å². The average Bonchev–Trinajstić information content (AvgIpc) is 2.76. The Labute approximate surface area is 99.0 Å². The predicted octanol–water partition coefficient (Wildman–Crippen LogP) is 1.86. The van der Waals surface area contributed by atoms with Gasteiger partial charge in [-0.05, 0) is 31.0 Å². The minimum atomic E-state index is -0.185. The fraction of sp³-hybridized carbons (Fsp3) is 0.167. The molecule has 1 heterocycles. The van der Waals surface area contributed by atoms with Gasteiger partial charge in [-0.15, -0.1) is 0 Å². The quantitative estimate of drug-likeness (QED) is 0.688. The van der Waals surface area contributed by atoms with Gasteiger partial charge in [0.15, 0.2) is 0 Å². The zero-order chi connectivity index (χ0) is 12.4. The van der Waals surface area contributed by atoms with Crippen molar-refractivity contribution in [2.75, 3.05) is 11.1 Å². The first kappa shape index (κ1) is 11.2. The molecular formula is C12H14N4O. The highest BCUT2D eigenvalue weighted by molar-refractivity contribution is 6.05. The Morgan fingerprint density at radius 2 is 2.12 bits per heavy atom. The van der Waals surface area contributed by atoms with Gasteiger partial charge in [-0.2, -0.15) is 5.10 Å². The van der Waals surface area contributed by atoms with Gasteiger partial charge >= 0.3 is 0 Å². The molecule has 0 bridgehead atoms. The van der Waals surface area contributed by atoms with Crippen LogP contribution in [0.15, 0.2) is 24.5 Å². The Kier molecular flexibility index (Phi) is 2.82. The highest BCUT2D eigenvalue weighted by Gasteiger charge is 2.11. The van der Waals surface area contributed by atoms with Crippen LogP contribution in [0.1, 0.15) is 21.5 Å². The van der Waals surface area contributed by atoms with Crippen molar-refractivity contribution in [1.29, 1.82) is 0 Å². The molecule has 88 valence electrons. The number of nitrogens with two attached hydrogens (primary N) is 1. The lowest BCUT2D eigenvalue weighted by Gasteiger charge is -2.09. The molecule has 0 fully saturated rings. The number of aryl methyl sites for hydroxylation is 2. The smallest absolute Gasteiger partial charge is 0.256 e. The minimum absolute atomic E-state index is 0.185. The van der Waals surface area contributed by atoms with Crippen molar-refractivity contribution in [3.8, 4) is 0 Å². The number of nitrogens with zero attached hydrogens (tertiary/aromatic N) is 1. The van der Waals surface area contributed by atoms with Gasteiger partial charge in [0.1, 0.15) is 0 Å². The van der Waals surface area contributed by atoms with Crippen molar-refractivity contribution in [2.45, 2.75) is 13.8 Å². The van der Waals surface area contributed by atoms with E-state index in [2.05, 4.69) is 15.5 Å². The molecule has 0 aliphatic rings. The van der Waals surface area contributed by atoms with Gasteiger partial charge in [-0.25, -0.2) is 0 Å². The van der Waals surface area contributed by atoms with E-state index in [9.17, 15) is 4.79 Å². The standard InChI is InChI=1S/C12H14N4O/c1-7-3-8(2)11(13)4-10(7)12(17)16-9-5-14-15-6-9/h3-6H,13H2,1-2H3,(H,14,15)(H,16,17). The zero-order valence-corrected chi connectivity index (χ0v) is 9.74. The minimum Gasteiger partial charge on any atom is -0.398 e. The number of benzene rings is 1. The monoisotopic (exact) mass is 230 g/mol. The summed E-state index contributed by atoms with van der Waals surface area (Å²) in [5.41, 5.74) is 9.51. The van der Waals surface area contributed by atoms with E-state index in [1.807, 2.05) is 19.9 Å². The van der Waals surface area contributed by atoms with E-state index in [4.69, 9.17) is 5.73 Å². The van der Waals surface area contributed by atoms with Crippen LogP contribution in [0.3, 0.4) is 0 Å². The second-order valence-corrected chi connectivity index (χ2v) is 3.96. The first-order valence-electron chi connectivity index (χ1n) is 5.25. The molecule has 0 atom stereocenters. The van der Waals surface area contributed by atoms with Crippen molar-refractivity contribution >= 4 is 17.3 Å². The SMILES string of the molecule is Cc1cc(C)c(C(=O)Nc2cn[nH]c2)cc1N. The molecule has 0 aliphatic carbocycles. The van der Waals surface area contributed by atoms with Crippen molar-refractivity contribution in [3.63, 3.8) is 0 Å². The lowest BCUT2D eigenvalue weighted by Crippen LogP contribution is -2.13. The molecule has 2 aromatic rings. The number of rotatable bonds is 2. The fourth-order valence-electron chi connectivity index (χ4n) is 1.63. The molecule has 1 amide bonds. The molecule has 0 unspecified atom stereocenters. The first-order chi connectivity index (χ1) is 8.08. The van der Waals surface area contributed by atoms with Crippen LogP contribution in [0.5, 0.6) is 0 Å². The molecule has 17 heavy (non-hydrogen) atoms. The van der Waals surface area contributed by atoms with E-state index in [0.717, 1.165) is 11.1 Å². The van der Waals surface area contributed by atoms with E-state index >= 15 is 0 Å². The maximum Gasteiger partial charge on any atom is 0.256 e. The molecule has 4 N–H and O–H groups in total. The van der Waals surface area contributed by atoms with Crippen LogP contribution in [-0.4, -0.2) is 16.1 Å². The van der Waals surface area contributed by atoms with Gasteiger partial charge in [0, 0.05) is 17.4 Å². The maximum absolute atomic E-state index is 12.0. The second-order valence-electron chi connectivity index (χ2n) is 3.96. The summed E-state index contributed by atoms with van der Waals surface area (Å²) in [6, 6.07) is 3.60. The number of hydrogen-bond acceptors (Lipinski definition) is 3. The normalized spacial score (nSPS) is 10.2. The number of aromatic amines is 1. The van der Waals surface area contributed by atoms with Gasteiger partial charge in [0.05, 0.1) is 11.9 Å². The van der Waals surface area contributed by atoms with Crippen LogP contribution in [0.4, 0.5) is 11.4 Å². The zero-order valence-electron chi connectivity index (χ0n) is 9.74. The summed E-state index contributed by atoms with van der Waals surface area (Å²) in [7, 11) is 0. The number of nitrogen functional groups attached to an aromatic ring is 1. The average molecular weight is 230 g/mol. The molecular weight excluding hydrogens is 216 g/mol. The number of carbonyl (C=O) groups is 1. The summed E-state index contributed by atoms with van der Waals surface area (Å²) < 4.78 is 0. The van der Waals surface area contributed by atoms with Gasteiger partial charge in [0.25, 0.3) is 5.91 Å². The second kappa shape index (κ2) is 4.29. The summed E-state index contributed by atoms with van der Waals surface area (Å²) in [6.45, 7) is 3.80. The number of anilines is 2. The molecule has 0 spiro atoms. The van der Waals surface area contributed by atoms with E-state index in [-0.39, 0.29) is 5.91 Å². The third kappa shape index (κ3) is 2.28. The number of amides is 1. The van der Waals surface area contributed by atoms with Gasteiger partial charge < -0.3 is 11.1 Å². The molecule has 0 saturated heterocycles. The van der Waals surface area contributed by atoms with Gasteiger partial charge in [-0.3, -0.25) is 9.89 Å². The van der Waals surface area contributed by atoms with Crippen LogP contribution >= 0.6 is 0 Å². The topological polar surface area (TPSA) is 83.8 Å². The molecule has 5 nitrogen and oxygen atoms in total. The molecule has 1 aromatic heterocycles. The Morgan fingerprint density at radius 1 is 1.35 bits per heavy atom. The van der Waals surface area contributed by atoms with Gasteiger partial charge in [0.2, 0.25) is 0 Å². The summed E-state index contributed by atoms with van der Waals surface area (Å²) in [4.78, 5) is 12.0. The number of nitrogens with one attached hydrogen (secondary N) is 2. The van der Waals surface area contributed by atoms with Crippen molar-refractivity contribution in [3.05, 3.63) is 41.2 Å². The highest BCUT2D eigenvalue weighted by atomic mass is 16.1. The molecule has 0 aliphatic heterocycles. The lowest BCUT2D eigenvalue weighted by molar-refractivity contribution is 0.102. The Morgan fingerprint density at radius 3 is 2.76 bits per heavy atom. The lowest BCUT2D eigenvalue weighted by atomic mass is 10.0. The van der Waals surface area contributed by atoms with Crippen LogP contribution in [-0.2, 0) is 0 Å². The summed E-state index contributed by atoms with van der Waals surface area (Å²) in [5, 5.41) is 9.13. The summed E-state index contributed by atoms with van der Waals surface area (Å²) in [5.74, 6) is -0.185. The van der Waals surface area contributed by atoms with Crippen LogP contribution in [0.25, 0.3) is 0 Å². The Hall–Kier alpha value is -2.30. The molecule has 0 saturated carbocycles.